The third-order valence-electron chi connectivity index (χ3n) is 2.77. The summed E-state index contributed by atoms with van der Waals surface area (Å²) in [5, 5.41) is 9.68. The van der Waals surface area contributed by atoms with Crippen LogP contribution in [-0.4, -0.2) is 17.1 Å². The molecule has 1 N–H and O–H groups in total. The average Bonchev–Trinajstić information content (AvgIpc) is 2.86. The molecular formula is C12H14F2O. The van der Waals surface area contributed by atoms with Gasteiger partial charge in [-0.1, -0.05) is 24.3 Å². The van der Waals surface area contributed by atoms with Gasteiger partial charge in [0, 0.05) is 12.8 Å². The molecule has 15 heavy (non-hydrogen) atoms. The Kier molecular flexibility index (Phi) is 2.74. The average molecular weight is 212 g/mol. The highest BCUT2D eigenvalue weighted by Crippen LogP contribution is 2.38. The zero-order valence-corrected chi connectivity index (χ0v) is 8.42. The van der Waals surface area contributed by atoms with Gasteiger partial charge in [0.25, 0.3) is 0 Å². The van der Waals surface area contributed by atoms with Crippen molar-refractivity contribution in [3.63, 3.8) is 0 Å². The molecule has 0 spiro atoms. The molecule has 0 bridgehead atoms. The minimum absolute atomic E-state index is 0.190. The number of aliphatic hydroxyl groups is 1. The van der Waals surface area contributed by atoms with Crippen LogP contribution in [0.15, 0.2) is 24.3 Å². The molecule has 0 heterocycles. The van der Waals surface area contributed by atoms with Crippen LogP contribution in [0.2, 0.25) is 0 Å². The van der Waals surface area contributed by atoms with Crippen molar-refractivity contribution < 1.29 is 13.9 Å². The van der Waals surface area contributed by atoms with Crippen molar-refractivity contribution in [2.75, 3.05) is 0 Å². The third kappa shape index (κ3) is 2.99. The summed E-state index contributed by atoms with van der Waals surface area (Å²) in [6.45, 7) is 0. The largest absolute Gasteiger partial charge is 0.390 e. The fraction of sp³-hybridized carbons (Fsp3) is 0.500. The number of hydrogen-bond acceptors (Lipinski definition) is 1. The summed E-state index contributed by atoms with van der Waals surface area (Å²) < 4.78 is 24.1. The minimum Gasteiger partial charge on any atom is -0.390 e. The van der Waals surface area contributed by atoms with Crippen LogP contribution in [0.1, 0.15) is 24.0 Å². The van der Waals surface area contributed by atoms with Gasteiger partial charge < -0.3 is 5.11 Å². The van der Waals surface area contributed by atoms with E-state index in [2.05, 4.69) is 0 Å². The van der Waals surface area contributed by atoms with Crippen molar-refractivity contribution in [1.82, 2.24) is 0 Å². The lowest BCUT2D eigenvalue weighted by atomic mass is 10.0. The number of benzene rings is 1. The van der Waals surface area contributed by atoms with Crippen LogP contribution in [0.5, 0.6) is 0 Å². The first-order valence-corrected chi connectivity index (χ1v) is 5.16. The maximum absolute atomic E-state index is 12.1. The second-order valence-corrected chi connectivity index (χ2v) is 4.31. The molecule has 3 heteroatoms. The van der Waals surface area contributed by atoms with Crippen LogP contribution in [0.4, 0.5) is 8.78 Å². The van der Waals surface area contributed by atoms with Crippen LogP contribution < -0.4 is 0 Å². The Labute approximate surface area is 87.7 Å². The van der Waals surface area contributed by atoms with Crippen LogP contribution in [0.3, 0.4) is 0 Å². The van der Waals surface area contributed by atoms with E-state index < -0.39 is 12.0 Å². The predicted octanol–water partition coefficient (Wildman–Crippen LogP) is 2.56. The van der Waals surface area contributed by atoms with Crippen LogP contribution in [-0.2, 0) is 12.8 Å². The molecule has 0 saturated heterocycles. The van der Waals surface area contributed by atoms with Crippen LogP contribution in [0, 0.1) is 0 Å². The fourth-order valence-electron chi connectivity index (χ4n) is 1.67. The van der Waals surface area contributed by atoms with Gasteiger partial charge in [0.15, 0.2) is 0 Å². The first kappa shape index (κ1) is 10.6. The number of rotatable bonds is 4. The molecule has 0 atom stereocenters. The summed E-state index contributed by atoms with van der Waals surface area (Å²) in [6, 6.07) is 7.09. The molecule has 0 aliphatic heterocycles. The van der Waals surface area contributed by atoms with E-state index in [1.165, 1.54) is 0 Å². The number of alkyl halides is 2. The molecule has 1 nitrogen and oxygen atoms in total. The first-order chi connectivity index (χ1) is 7.07. The van der Waals surface area contributed by atoms with E-state index in [4.69, 9.17) is 0 Å². The number of halogens is 2. The molecule has 82 valence electrons. The van der Waals surface area contributed by atoms with Gasteiger partial charge in [-0.25, -0.2) is 8.78 Å². The van der Waals surface area contributed by atoms with E-state index in [1.807, 2.05) is 12.1 Å². The lowest BCUT2D eigenvalue weighted by Gasteiger charge is -2.08. The summed E-state index contributed by atoms with van der Waals surface area (Å²) in [7, 11) is 0. The molecule has 1 aliphatic rings. The summed E-state index contributed by atoms with van der Waals surface area (Å²) in [4.78, 5) is 0. The third-order valence-corrected chi connectivity index (χ3v) is 2.77. The number of hydrogen-bond donors (Lipinski definition) is 1. The Morgan fingerprint density at radius 2 is 1.67 bits per heavy atom. The molecular weight excluding hydrogens is 198 g/mol. The molecule has 2 rings (SSSR count). The standard InChI is InChI=1S/C12H14F2O/c13-11(14)7-9-1-3-10(4-2-9)8-12(15)5-6-12/h1-4,11,15H,5-8H2. The summed E-state index contributed by atoms with van der Waals surface area (Å²) in [5.41, 5.74) is 1.16. The van der Waals surface area contributed by atoms with Crippen molar-refractivity contribution in [3.05, 3.63) is 35.4 Å². The van der Waals surface area contributed by atoms with Crippen molar-refractivity contribution in [2.24, 2.45) is 0 Å². The summed E-state index contributed by atoms with van der Waals surface area (Å²) in [5.74, 6) is 0. The highest BCUT2D eigenvalue weighted by Gasteiger charge is 2.39. The molecule has 0 unspecified atom stereocenters. The quantitative estimate of drug-likeness (QED) is 0.813. The molecule has 1 aliphatic carbocycles. The summed E-state index contributed by atoms with van der Waals surface area (Å²) >= 11 is 0. The smallest absolute Gasteiger partial charge is 0.242 e. The molecule has 1 saturated carbocycles. The normalized spacial score (nSPS) is 18.1. The SMILES string of the molecule is OC1(Cc2ccc(CC(F)F)cc2)CC1. The molecule has 1 fully saturated rings. The van der Waals surface area contributed by atoms with Gasteiger partial charge in [0.1, 0.15) is 0 Å². The van der Waals surface area contributed by atoms with Crippen molar-refractivity contribution in [2.45, 2.75) is 37.7 Å². The van der Waals surface area contributed by atoms with Gasteiger partial charge in [-0.3, -0.25) is 0 Å². The predicted molar refractivity (Wildman–Crippen MR) is 54.0 cm³/mol. The highest BCUT2D eigenvalue weighted by atomic mass is 19.3. The molecule has 0 amide bonds. The van der Waals surface area contributed by atoms with E-state index in [1.54, 1.807) is 12.1 Å². The van der Waals surface area contributed by atoms with E-state index in [9.17, 15) is 13.9 Å². The second kappa shape index (κ2) is 3.89. The van der Waals surface area contributed by atoms with Gasteiger partial charge in [-0.2, -0.15) is 0 Å². The lowest BCUT2D eigenvalue weighted by molar-refractivity contribution is 0.148. The molecule has 0 radical (unpaired) electrons. The van der Waals surface area contributed by atoms with E-state index in [0.29, 0.717) is 12.0 Å². The van der Waals surface area contributed by atoms with Crippen LogP contribution >= 0.6 is 0 Å². The maximum Gasteiger partial charge on any atom is 0.242 e. The molecule has 1 aromatic rings. The second-order valence-electron chi connectivity index (χ2n) is 4.31. The monoisotopic (exact) mass is 212 g/mol. The molecule has 0 aromatic heterocycles. The van der Waals surface area contributed by atoms with Gasteiger partial charge in [-0.05, 0) is 24.0 Å². The van der Waals surface area contributed by atoms with Gasteiger partial charge in [0.05, 0.1) is 5.60 Å². The van der Waals surface area contributed by atoms with E-state index >= 15 is 0 Å². The maximum atomic E-state index is 12.1. The Morgan fingerprint density at radius 3 is 2.13 bits per heavy atom. The van der Waals surface area contributed by atoms with E-state index in [-0.39, 0.29) is 6.42 Å². The Balaban J connectivity index is 1.97. The van der Waals surface area contributed by atoms with Gasteiger partial charge >= 0.3 is 0 Å². The van der Waals surface area contributed by atoms with Gasteiger partial charge in [-0.15, -0.1) is 0 Å². The first-order valence-electron chi connectivity index (χ1n) is 5.16. The lowest BCUT2D eigenvalue weighted by Crippen LogP contribution is -2.10. The zero-order chi connectivity index (χ0) is 10.9. The summed E-state index contributed by atoms with van der Waals surface area (Å²) in [6.07, 6.45) is -0.132. The molecule has 1 aromatic carbocycles. The Morgan fingerprint density at radius 1 is 1.13 bits per heavy atom. The topological polar surface area (TPSA) is 20.2 Å². The fourth-order valence-corrected chi connectivity index (χ4v) is 1.67. The van der Waals surface area contributed by atoms with Gasteiger partial charge in [0.2, 0.25) is 6.43 Å². The highest BCUT2D eigenvalue weighted by molar-refractivity contribution is 5.25. The zero-order valence-electron chi connectivity index (χ0n) is 8.42. The van der Waals surface area contributed by atoms with Crippen molar-refractivity contribution >= 4 is 0 Å². The Bertz CT molecular complexity index is 328. The van der Waals surface area contributed by atoms with Crippen molar-refractivity contribution in [1.29, 1.82) is 0 Å². The minimum atomic E-state index is -2.29. The Hall–Kier alpha value is -0.960. The van der Waals surface area contributed by atoms with Crippen LogP contribution in [0.25, 0.3) is 0 Å². The van der Waals surface area contributed by atoms with E-state index in [0.717, 1.165) is 18.4 Å². The van der Waals surface area contributed by atoms with Crippen molar-refractivity contribution in [3.8, 4) is 0 Å².